The lowest BCUT2D eigenvalue weighted by molar-refractivity contribution is 0.0524. The van der Waals surface area contributed by atoms with Gasteiger partial charge in [-0.3, -0.25) is 4.79 Å². The third-order valence-electron chi connectivity index (χ3n) is 2.26. The molecule has 0 radical (unpaired) electrons. The Labute approximate surface area is 94.2 Å². The molecule has 0 aliphatic heterocycles. The Bertz CT molecular complexity index is 460. The van der Waals surface area contributed by atoms with Crippen LogP contribution in [0.4, 0.5) is 0 Å². The van der Waals surface area contributed by atoms with Gasteiger partial charge in [0.05, 0.1) is 12.2 Å². The molecule has 1 rings (SSSR count). The molecule has 1 aromatic rings. The molecule has 0 bridgehead atoms. The molecule has 0 aliphatic rings. The lowest BCUT2D eigenvalue weighted by atomic mass is 10.2. The normalized spacial score (nSPS) is 9.88. The smallest absolute Gasteiger partial charge is 0.339 e. The van der Waals surface area contributed by atoms with E-state index in [0.717, 1.165) is 0 Å². The van der Waals surface area contributed by atoms with Gasteiger partial charge in [-0.15, -0.1) is 6.58 Å². The average Bonchev–Trinajstić information content (AvgIpc) is 2.24. The highest BCUT2D eigenvalue weighted by molar-refractivity contribution is 5.90. The van der Waals surface area contributed by atoms with Crippen molar-refractivity contribution in [3.8, 4) is 0 Å². The van der Waals surface area contributed by atoms with Crippen LogP contribution >= 0.6 is 0 Å². The van der Waals surface area contributed by atoms with Gasteiger partial charge in [0.2, 0.25) is 0 Å². The number of pyridine rings is 1. The molecule has 16 heavy (non-hydrogen) atoms. The van der Waals surface area contributed by atoms with Gasteiger partial charge in [-0.1, -0.05) is 6.08 Å². The Morgan fingerprint density at radius 1 is 1.56 bits per heavy atom. The maximum Gasteiger partial charge on any atom is 0.339 e. The topological polar surface area (TPSA) is 48.3 Å². The summed E-state index contributed by atoms with van der Waals surface area (Å²) in [5.41, 5.74) is 0.875. The van der Waals surface area contributed by atoms with Gasteiger partial charge in [0.15, 0.2) is 0 Å². The fourth-order valence-corrected chi connectivity index (χ4v) is 1.46. The molecular weight excluding hydrogens is 206 g/mol. The standard InChI is InChI=1S/C12H15NO3/c1-4-8-13-9(3)10(6-7-11(13)14)12(15)16-5-2/h4,6-7H,1,5,8H2,2-3H3. The Morgan fingerprint density at radius 3 is 2.81 bits per heavy atom. The van der Waals surface area contributed by atoms with E-state index in [1.807, 2.05) is 0 Å². The summed E-state index contributed by atoms with van der Waals surface area (Å²) in [6.07, 6.45) is 1.61. The van der Waals surface area contributed by atoms with Gasteiger partial charge < -0.3 is 9.30 Å². The third kappa shape index (κ3) is 2.39. The van der Waals surface area contributed by atoms with Crippen LogP contribution < -0.4 is 5.56 Å². The van der Waals surface area contributed by atoms with E-state index in [9.17, 15) is 9.59 Å². The zero-order chi connectivity index (χ0) is 12.1. The summed E-state index contributed by atoms with van der Waals surface area (Å²) >= 11 is 0. The second-order valence-corrected chi connectivity index (χ2v) is 3.29. The summed E-state index contributed by atoms with van der Waals surface area (Å²) in [6.45, 7) is 7.74. The van der Waals surface area contributed by atoms with Crippen LogP contribution in [0.1, 0.15) is 23.0 Å². The Hall–Kier alpha value is -1.84. The molecule has 0 amide bonds. The lowest BCUT2D eigenvalue weighted by Gasteiger charge is -2.11. The molecule has 0 aliphatic carbocycles. The van der Waals surface area contributed by atoms with Crippen molar-refractivity contribution < 1.29 is 9.53 Å². The summed E-state index contributed by atoms with van der Waals surface area (Å²) < 4.78 is 6.39. The number of esters is 1. The molecule has 0 atom stereocenters. The molecule has 0 saturated heterocycles. The van der Waals surface area contributed by atoms with E-state index in [-0.39, 0.29) is 5.56 Å². The monoisotopic (exact) mass is 221 g/mol. The number of hydrogen-bond donors (Lipinski definition) is 0. The first-order valence-electron chi connectivity index (χ1n) is 5.10. The minimum Gasteiger partial charge on any atom is -0.462 e. The molecule has 0 aromatic carbocycles. The number of nitrogens with zero attached hydrogens (tertiary/aromatic N) is 1. The highest BCUT2D eigenvalue weighted by Crippen LogP contribution is 2.07. The van der Waals surface area contributed by atoms with Gasteiger partial charge in [0, 0.05) is 18.3 Å². The van der Waals surface area contributed by atoms with E-state index in [1.54, 1.807) is 19.9 Å². The van der Waals surface area contributed by atoms with Gasteiger partial charge >= 0.3 is 5.97 Å². The fourth-order valence-electron chi connectivity index (χ4n) is 1.46. The number of carbonyl (C=O) groups is 1. The van der Waals surface area contributed by atoms with Crippen LogP contribution in [0.3, 0.4) is 0 Å². The van der Waals surface area contributed by atoms with Crippen LogP contribution in [0, 0.1) is 6.92 Å². The minimum absolute atomic E-state index is 0.148. The van der Waals surface area contributed by atoms with Crippen molar-refractivity contribution in [2.24, 2.45) is 0 Å². The van der Waals surface area contributed by atoms with Gasteiger partial charge in [-0.2, -0.15) is 0 Å². The molecule has 0 spiro atoms. The quantitative estimate of drug-likeness (QED) is 0.572. The van der Waals surface area contributed by atoms with Crippen LogP contribution in [0.25, 0.3) is 0 Å². The van der Waals surface area contributed by atoms with Crippen molar-refractivity contribution in [1.29, 1.82) is 0 Å². The molecule has 0 saturated carbocycles. The number of allylic oxidation sites excluding steroid dienone is 1. The average molecular weight is 221 g/mol. The molecule has 0 N–H and O–H groups in total. The SMILES string of the molecule is C=CCn1c(C)c(C(=O)OCC)ccc1=O. The zero-order valence-electron chi connectivity index (χ0n) is 9.53. The number of rotatable bonds is 4. The second kappa shape index (κ2) is 5.30. The van der Waals surface area contributed by atoms with Crippen LogP contribution in [-0.4, -0.2) is 17.1 Å². The maximum absolute atomic E-state index is 11.6. The van der Waals surface area contributed by atoms with Crippen LogP contribution in [0.2, 0.25) is 0 Å². The molecular formula is C12H15NO3. The summed E-state index contributed by atoms with van der Waals surface area (Å²) in [5.74, 6) is -0.405. The Morgan fingerprint density at radius 2 is 2.25 bits per heavy atom. The largest absolute Gasteiger partial charge is 0.462 e. The first-order valence-corrected chi connectivity index (χ1v) is 5.10. The van der Waals surface area contributed by atoms with Crippen molar-refractivity contribution in [1.82, 2.24) is 4.57 Å². The maximum atomic E-state index is 11.6. The van der Waals surface area contributed by atoms with Crippen molar-refractivity contribution in [3.63, 3.8) is 0 Å². The van der Waals surface area contributed by atoms with E-state index in [4.69, 9.17) is 4.74 Å². The van der Waals surface area contributed by atoms with Crippen molar-refractivity contribution in [2.45, 2.75) is 20.4 Å². The van der Waals surface area contributed by atoms with E-state index in [0.29, 0.717) is 24.4 Å². The van der Waals surface area contributed by atoms with Crippen molar-refractivity contribution in [2.75, 3.05) is 6.61 Å². The van der Waals surface area contributed by atoms with Crippen molar-refractivity contribution in [3.05, 3.63) is 46.4 Å². The Balaban J connectivity index is 3.22. The molecule has 4 nitrogen and oxygen atoms in total. The number of ether oxygens (including phenoxy) is 1. The third-order valence-corrected chi connectivity index (χ3v) is 2.26. The molecule has 1 aromatic heterocycles. The predicted molar refractivity (Wildman–Crippen MR) is 61.6 cm³/mol. The second-order valence-electron chi connectivity index (χ2n) is 3.29. The fraction of sp³-hybridized carbons (Fsp3) is 0.333. The first-order chi connectivity index (χ1) is 7.61. The molecule has 1 heterocycles. The van der Waals surface area contributed by atoms with Gasteiger partial charge in [0.1, 0.15) is 0 Å². The first kappa shape index (κ1) is 12.2. The van der Waals surface area contributed by atoms with Gasteiger partial charge in [-0.05, 0) is 19.9 Å². The van der Waals surface area contributed by atoms with E-state index < -0.39 is 5.97 Å². The lowest BCUT2D eigenvalue weighted by Crippen LogP contribution is -2.24. The van der Waals surface area contributed by atoms with Crippen LogP contribution in [-0.2, 0) is 11.3 Å². The highest BCUT2D eigenvalue weighted by atomic mass is 16.5. The summed E-state index contributed by atoms with van der Waals surface area (Å²) in [5, 5.41) is 0. The Kier molecular flexibility index (Phi) is 4.05. The molecule has 4 heteroatoms. The molecule has 0 fully saturated rings. The van der Waals surface area contributed by atoms with E-state index in [2.05, 4.69) is 6.58 Å². The molecule has 86 valence electrons. The zero-order valence-corrected chi connectivity index (χ0v) is 9.53. The minimum atomic E-state index is -0.405. The van der Waals surface area contributed by atoms with Gasteiger partial charge in [-0.25, -0.2) is 4.79 Å². The number of carbonyl (C=O) groups excluding carboxylic acids is 1. The van der Waals surface area contributed by atoms with Crippen LogP contribution in [0.15, 0.2) is 29.6 Å². The van der Waals surface area contributed by atoms with E-state index in [1.165, 1.54) is 16.7 Å². The predicted octanol–water partition coefficient (Wildman–Crippen LogP) is 1.52. The van der Waals surface area contributed by atoms with Gasteiger partial charge in [0.25, 0.3) is 5.56 Å². The summed E-state index contributed by atoms with van der Waals surface area (Å²) in [4.78, 5) is 23.1. The number of aromatic nitrogens is 1. The van der Waals surface area contributed by atoms with E-state index >= 15 is 0 Å². The number of hydrogen-bond acceptors (Lipinski definition) is 3. The summed E-state index contributed by atoms with van der Waals surface area (Å²) in [6, 6.07) is 2.86. The summed E-state index contributed by atoms with van der Waals surface area (Å²) in [7, 11) is 0. The molecule has 0 unspecified atom stereocenters. The van der Waals surface area contributed by atoms with Crippen LogP contribution in [0.5, 0.6) is 0 Å². The highest BCUT2D eigenvalue weighted by Gasteiger charge is 2.12. The van der Waals surface area contributed by atoms with Crippen molar-refractivity contribution >= 4 is 5.97 Å².